The fourth-order valence-electron chi connectivity index (χ4n) is 2.56. The highest BCUT2D eigenvalue weighted by atomic mass is 32.2. The second-order valence-electron chi connectivity index (χ2n) is 6.21. The van der Waals surface area contributed by atoms with Crippen LogP contribution in [0.5, 0.6) is 0 Å². The Labute approximate surface area is 163 Å². The monoisotopic (exact) mass is 430 g/mol. The minimum absolute atomic E-state index is 0.0608. The van der Waals surface area contributed by atoms with Crippen molar-refractivity contribution in [2.75, 3.05) is 5.32 Å². The molecule has 0 bridgehead atoms. The summed E-state index contributed by atoms with van der Waals surface area (Å²) in [5, 5.41) is 17.6. The van der Waals surface area contributed by atoms with Crippen molar-refractivity contribution < 1.29 is 35.9 Å². The zero-order valence-electron chi connectivity index (χ0n) is 14.7. The first-order valence-electron chi connectivity index (χ1n) is 7.90. The van der Waals surface area contributed by atoms with Crippen molar-refractivity contribution in [1.29, 1.82) is 5.26 Å². The van der Waals surface area contributed by atoms with E-state index in [1.807, 2.05) is 5.32 Å². The maximum atomic E-state index is 13.6. The van der Waals surface area contributed by atoms with Crippen LogP contribution in [0.15, 0.2) is 53.4 Å². The molecule has 0 saturated carbocycles. The number of amides is 1. The standard InChI is InChI=1S/C18H14F4N2O4S/c1-17(26,16(25)24-13-6-2-11(10-23)3-7-13)15(18(20,21)22)29(27,28)14-8-4-12(19)5-9-14/h2-9,15,26H,1H3,(H,24,25). The van der Waals surface area contributed by atoms with Crippen molar-refractivity contribution in [3.8, 4) is 6.07 Å². The number of alkyl halides is 3. The van der Waals surface area contributed by atoms with Gasteiger partial charge in [-0.25, -0.2) is 12.8 Å². The van der Waals surface area contributed by atoms with Gasteiger partial charge in [0.2, 0.25) is 0 Å². The average Bonchev–Trinajstić information content (AvgIpc) is 2.60. The number of hydrogen-bond acceptors (Lipinski definition) is 5. The SMILES string of the molecule is CC(O)(C(=O)Nc1ccc(C#N)cc1)C(C(F)(F)F)S(=O)(=O)c1ccc(F)cc1. The first kappa shape index (κ1) is 22.3. The molecule has 0 spiro atoms. The van der Waals surface area contributed by atoms with Crippen LogP contribution in [0.25, 0.3) is 0 Å². The normalized spacial score (nSPS) is 15.1. The minimum Gasteiger partial charge on any atom is -0.379 e. The third kappa shape index (κ3) is 4.72. The van der Waals surface area contributed by atoms with E-state index in [4.69, 9.17) is 5.26 Å². The zero-order chi connectivity index (χ0) is 22.0. The van der Waals surface area contributed by atoms with Gasteiger partial charge in [-0.15, -0.1) is 0 Å². The molecule has 0 saturated heterocycles. The van der Waals surface area contributed by atoms with Crippen LogP contribution >= 0.6 is 0 Å². The molecule has 2 atom stereocenters. The fourth-order valence-corrected chi connectivity index (χ4v) is 4.41. The summed E-state index contributed by atoms with van der Waals surface area (Å²) in [7, 11) is -5.33. The summed E-state index contributed by atoms with van der Waals surface area (Å²) < 4.78 is 79.1. The van der Waals surface area contributed by atoms with Crippen LogP contribution in [0.3, 0.4) is 0 Å². The third-order valence-electron chi connectivity index (χ3n) is 3.99. The molecule has 2 N–H and O–H groups in total. The van der Waals surface area contributed by atoms with E-state index in [9.17, 15) is 35.9 Å². The number of carbonyl (C=O) groups excluding carboxylic acids is 1. The van der Waals surface area contributed by atoms with Gasteiger partial charge in [0.1, 0.15) is 5.82 Å². The molecule has 0 aliphatic carbocycles. The Hall–Kier alpha value is -2.97. The Kier molecular flexibility index (Phi) is 6.01. The average molecular weight is 430 g/mol. The van der Waals surface area contributed by atoms with E-state index in [0.717, 1.165) is 0 Å². The predicted octanol–water partition coefficient (Wildman–Crippen LogP) is 2.79. The molecule has 29 heavy (non-hydrogen) atoms. The highest BCUT2D eigenvalue weighted by Crippen LogP contribution is 2.38. The van der Waals surface area contributed by atoms with Gasteiger partial charge in [0.05, 0.1) is 16.5 Å². The summed E-state index contributed by atoms with van der Waals surface area (Å²) in [6.07, 6.45) is -5.53. The summed E-state index contributed by atoms with van der Waals surface area (Å²) >= 11 is 0. The molecule has 1 amide bonds. The van der Waals surface area contributed by atoms with Gasteiger partial charge in [0, 0.05) is 5.69 Å². The van der Waals surface area contributed by atoms with Crippen molar-refractivity contribution in [1.82, 2.24) is 0 Å². The second kappa shape index (κ2) is 7.81. The molecule has 6 nitrogen and oxygen atoms in total. The molecule has 2 rings (SSSR count). The number of nitrogens with zero attached hydrogens (tertiary/aromatic N) is 1. The van der Waals surface area contributed by atoms with Crippen molar-refractivity contribution in [3.63, 3.8) is 0 Å². The van der Waals surface area contributed by atoms with E-state index in [-0.39, 0.29) is 11.3 Å². The largest absolute Gasteiger partial charge is 0.409 e. The van der Waals surface area contributed by atoms with E-state index in [1.165, 1.54) is 24.3 Å². The lowest BCUT2D eigenvalue weighted by Crippen LogP contribution is -2.59. The quantitative estimate of drug-likeness (QED) is 0.560. The van der Waals surface area contributed by atoms with Gasteiger partial charge in [0.25, 0.3) is 5.91 Å². The number of nitriles is 1. The van der Waals surface area contributed by atoms with Crippen LogP contribution in [0.4, 0.5) is 23.2 Å². The van der Waals surface area contributed by atoms with Gasteiger partial charge in [-0.1, -0.05) is 0 Å². The van der Waals surface area contributed by atoms with Crippen molar-refractivity contribution in [2.45, 2.75) is 28.8 Å². The Morgan fingerprint density at radius 3 is 2.07 bits per heavy atom. The molecule has 0 heterocycles. The van der Waals surface area contributed by atoms with Crippen LogP contribution in [0.2, 0.25) is 0 Å². The Balaban J connectivity index is 2.45. The smallest absolute Gasteiger partial charge is 0.379 e. The number of aliphatic hydroxyl groups is 1. The number of sulfone groups is 1. The van der Waals surface area contributed by atoms with Crippen molar-refractivity contribution in [3.05, 3.63) is 59.9 Å². The maximum absolute atomic E-state index is 13.6. The molecule has 2 unspecified atom stereocenters. The lowest BCUT2D eigenvalue weighted by atomic mass is 10.00. The lowest BCUT2D eigenvalue weighted by molar-refractivity contribution is -0.174. The van der Waals surface area contributed by atoms with Gasteiger partial charge in [0.15, 0.2) is 20.7 Å². The molecule has 0 aliphatic rings. The van der Waals surface area contributed by atoms with Gasteiger partial charge in [-0.3, -0.25) is 4.79 Å². The van der Waals surface area contributed by atoms with E-state index < -0.39 is 43.5 Å². The number of hydrogen-bond donors (Lipinski definition) is 2. The van der Waals surface area contributed by atoms with E-state index in [0.29, 0.717) is 31.2 Å². The number of anilines is 1. The molecule has 2 aromatic carbocycles. The first-order valence-corrected chi connectivity index (χ1v) is 9.45. The third-order valence-corrected chi connectivity index (χ3v) is 6.27. The van der Waals surface area contributed by atoms with Crippen LogP contribution in [-0.2, 0) is 14.6 Å². The number of halogens is 4. The summed E-state index contributed by atoms with van der Waals surface area (Å²) in [6, 6.07) is 9.23. The molecule has 11 heteroatoms. The van der Waals surface area contributed by atoms with Crippen molar-refractivity contribution in [2.24, 2.45) is 0 Å². The minimum atomic E-state index is -5.53. The summed E-state index contributed by atoms with van der Waals surface area (Å²) in [5.41, 5.74) is -3.28. The van der Waals surface area contributed by atoms with E-state index in [2.05, 4.69) is 0 Å². The Bertz CT molecular complexity index is 1040. The lowest BCUT2D eigenvalue weighted by Gasteiger charge is -2.32. The van der Waals surface area contributed by atoms with Crippen LogP contribution in [-0.4, -0.2) is 36.5 Å². The molecular weight excluding hydrogens is 416 g/mol. The molecule has 0 fully saturated rings. The molecule has 154 valence electrons. The Morgan fingerprint density at radius 2 is 1.62 bits per heavy atom. The van der Waals surface area contributed by atoms with E-state index >= 15 is 0 Å². The molecule has 0 radical (unpaired) electrons. The molecule has 0 aliphatic heterocycles. The maximum Gasteiger partial charge on any atom is 0.409 e. The second-order valence-corrected chi connectivity index (χ2v) is 8.24. The summed E-state index contributed by atoms with van der Waals surface area (Å²) in [6.45, 7) is 0.422. The van der Waals surface area contributed by atoms with Gasteiger partial charge < -0.3 is 10.4 Å². The van der Waals surface area contributed by atoms with Gasteiger partial charge in [-0.05, 0) is 55.5 Å². The van der Waals surface area contributed by atoms with Crippen molar-refractivity contribution >= 4 is 21.4 Å². The highest BCUT2D eigenvalue weighted by molar-refractivity contribution is 7.92. The predicted molar refractivity (Wildman–Crippen MR) is 93.8 cm³/mol. The first-order chi connectivity index (χ1) is 13.3. The number of nitrogens with one attached hydrogen (secondary N) is 1. The number of carbonyl (C=O) groups is 1. The van der Waals surface area contributed by atoms with E-state index in [1.54, 1.807) is 6.07 Å². The molecular formula is C18H14F4N2O4S. The fraction of sp³-hybridized carbons (Fsp3) is 0.222. The van der Waals surface area contributed by atoms with Gasteiger partial charge >= 0.3 is 6.18 Å². The summed E-state index contributed by atoms with van der Waals surface area (Å²) in [5.74, 6) is -2.51. The Morgan fingerprint density at radius 1 is 1.10 bits per heavy atom. The van der Waals surface area contributed by atoms with Crippen LogP contribution in [0, 0.1) is 17.1 Å². The highest BCUT2D eigenvalue weighted by Gasteiger charge is 2.61. The van der Waals surface area contributed by atoms with Gasteiger partial charge in [-0.2, -0.15) is 18.4 Å². The van der Waals surface area contributed by atoms with Crippen LogP contribution < -0.4 is 5.32 Å². The zero-order valence-corrected chi connectivity index (χ0v) is 15.6. The molecule has 0 aromatic heterocycles. The van der Waals surface area contributed by atoms with Crippen LogP contribution in [0.1, 0.15) is 12.5 Å². The number of rotatable bonds is 5. The molecule has 2 aromatic rings. The topological polar surface area (TPSA) is 107 Å². The number of benzene rings is 2. The summed E-state index contributed by atoms with van der Waals surface area (Å²) in [4.78, 5) is 11.4.